The smallest absolute Gasteiger partial charge is 0.429 e. The van der Waals surface area contributed by atoms with Gasteiger partial charge in [-0.2, -0.15) is 13.9 Å². The van der Waals surface area contributed by atoms with Crippen LogP contribution in [0.15, 0.2) is 127 Å². The molecule has 0 saturated heterocycles. The van der Waals surface area contributed by atoms with E-state index in [4.69, 9.17) is 21.1 Å². The SMILES string of the molecule is CC(F)(F)c1nn(C(c2ccccc2)(c2ccccc2)c2ccccc2)c2cc(Cl)nc(COC(=O)OCc3ccccc3)c12. The van der Waals surface area contributed by atoms with Gasteiger partial charge in [-0.25, -0.2) is 14.5 Å². The Bertz CT molecular complexity index is 1820. The molecule has 0 amide bonds. The number of alkyl halides is 2. The van der Waals surface area contributed by atoms with E-state index in [0.717, 1.165) is 29.2 Å². The molecule has 9 heteroatoms. The normalized spacial score (nSPS) is 11.8. The molecule has 0 fully saturated rings. The lowest BCUT2D eigenvalue weighted by Crippen LogP contribution is -2.38. The average Bonchev–Trinajstić information content (AvgIpc) is 3.45. The fourth-order valence-electron chi connectivity index (χ4n) is 5.64. The Labute approximate surface area is 263 Å². The number of pyridine rings is 1. The number of halogens is 3. The average molecular weight is 624 g/mol. The van der Waals surface area contributed by atoms with Gasteiger partial charge in [0.1, 0.15) is 29.6 Å². The molecule has 0 N–H and O–H groups in total. The third-order valence-electron chi connectivity index (χ3n) is 7.54. The molecule has 6 rings (SSSR count). The Balaban J connectivity index is 1.55. The van der Waals surface area contributed by atoms with Crippen LogP contribution in [0.2, 0.25) is 5.15 Å². The van der Waals surface area contributed by atoms with Crippen LogP contribution < -0.4 is 0 Å². The molecule has 0 aliphatic carbocycles. The summed E-state index contributed by atoms with van der Waals surface area (Å²) in [5, 5.41) is 4.72. The molecule has 0 unspecified atom stereocenters. The van der Waals surface area contributed by atoms with Gasteiger partial charge in [-0.3, -0.25) is 0 Å². The first kappa shape index (κ1) is 30.0. The molecule has 45 heavy (non-hydrogen) atoms. The molecular formula is C36H28ClF2N3O3. The predicted molar refractivity (Wildman–Crippen MR) is 168 cm³/mol. The summed E-state index contributed by atoms with van der Waals surface area (Å²) in [5.74, 6) is -3.39. The van der Waals surface area contributed by atoms with Crippen molar-refractivity contribution in [1.29, 1.82) is 0 Å². The van der Waals surface area contributed by atoms with Gasteiger partial charge in [0.05, 0.1) is 16.6 Å². The molecular weight excluding hydrogens is 596 g/mol. The third-order valence-corrected chi connectivity index (χ3v) is 7.74. The minimum Gasteiger partial charge on any atom is -0.429 e. The Kier molecular flexibility index (Phi) is 8.32. The first-order valence-electron chi connectivity index (χ1n) is 14.3. The molecule has 0 spiro atoms. The summed E-state index contributed by atoms with van der Waals surface area (Å²) in [4.78, 5) is 16.9. The van der Waals surface area contributed by atoms with Crippen molar-refractivity contribution in [3.63, 3.8) is 0 Å². The number of aromatic nitrogens is 3. The van der Waals surface area contributed by atoms with Gasteiger partial charge in [0.25, 0.3) is 5.92 Å². The number of nitrogens with zero attached hydrogens (tertiary/aromatic N) is 3. The van der Waals surface area contributed by atoms with E-state index in [1.54, 1.807) is 16.8 Å². The summed E-state index contributed by atoms with van der Waals surface area (Å²) in [5.41, 5.74) is 1.72. The van der Waals surface area contributed by atoms with E-state index >= 15 is 8.78 Å². The number of hydrogen-bond acceptors (Lipinski definition) is 5. The second-order valence-corrected chi connectivity index (χ2v) is 10.9. The fraction of sp³-hybridized carbons (Fsp3) is 0.139. The second-order valence-electron chi connectivity index (χ2n) is 10.6. The van der Waals surface area contributed by atoms with Crippen LogP contribution in [-0.2, 0) is 34.1 Å². The van der Waals surface area contributed by atoms with E-state index in [0.29, 0.717) is 5.52 Å². The fourth-order valence-corrected chi connectivity index (χ4v) is 5.84. The van der Waals surface area contributed by atoms with Crippen molar-refractivity contribution in [2.45, 2.75) is 31.6 Å². The van der Waals surface area contributed by atoms with E-state index in [-0.39, 0.29) is 22.8 Å². The zero-order valence-electron chi connectivity index (χ0n) is 24.2. The van der Waals surface area contributed by atoms with Crippen molar-refractivity contribution in [2.75, 3.05) is 0 Å². The second kappa shape index (κ2) is 12.5. The summed E-state index contributed by atoms with van der Waals surface area (Å²) >= 11 is 6.55. The van der Waals surface area contributed by atoms with Crippen LogP contribution in [-0.4, -0.2) is 20.9 Å². The van der Waals surface area contributed by atoms with Crippen molar-refractivity contribution < 1.29 is 23.0 Å². The zero-order valence-corrected chi connectivity index (χ0v) is 25.0. The first-order chi connectivity index (χ1) is 21.8. The molecule has 4 aromatic carbocycles. The van der Waals surface area contributed by atoms with Crippen LogP contribution in [0.25, 0.3) is 10.9 Å². The van der Waals surface area contributed by atoms with Gasteiger partial charge < -0.3 is 9.47 Å². The van der Waals surface area contributed by atoms with Crippen LogP contribution in [0.5, 0.6) is 0 Å². The lowest BCUT2D eigenvalue weighted by molar-refractivity contribution is 0.0131. The summed E-state index contributed by atoms with van der Waals surface area (Å²) in [6, 6.07) is 39.3. The molecule has 2 aromatic heterocycles. The highest BCUT2D eigenvalue weighted by atomic mass is 35.5. The number of hydrogen-bond donors (Lipinski definition) is 0. The molecule has 2 heterocycles. The largest absolute Gasteiger partial charge is 0.508 e. The Morgan fingerprint density at radius 1 is 0.756 bits per heavy atom. The predicted octanol–water partition coefficient (Wildman–Crippen LogP) is 8.89. The molecule has 6 aromatic rings. The first-order valence-corrected chi connectivity index (χ1v) is 14.6. The highest BCUT2D eigenvalue weighted by Gasteiger charge is 2.43. The van der Waals surface area contributed by atoms with Crippen LogP contribution >= 0.6 is 11.6 Å². The van der Waals surface area contributed by atoms with Gasteiger partial charge in [-0.05, 0) is 22.3 Å². The maximum absolute atomic E-state index is 15.5. The number of carbonyl (C=O) groups is 1. The maximum atomic E-state index is 15.5. The Hall–Kier alpha value is -5.08. The topological polar surface area (TPSA) is 66.2 Å². The number of ether oxygens (including phenoxy) is 2. The minimum absolute atomic E-state index is 0.0119. The van der Waals surface area contributed by atoms with Crippen molar-refractivity contribution in [1.82, 2.24) is 14.8 Å². The molecule has 0 radical (unpaired) electrons. The quantitative estimate of drug-likeness (QED) is 0.0914. The van der Waals surface area contributed by atoms with Gasteiger partial charge in [-0.1, -0.05) is 133 Å². The van der Waals surface area contributed by atoms with Crippen molar-refractivity contribution in [2.24, 2.45) is 0 Å². The highest BCUT2D eigenvalue weighted by Crippen LogP contribution is 2.45. The summed E-state index contributed by atoms with van der Waals surface area (Å²) in [6.07, 6.45) is -0.974. The summed E-state index contributed by atoms with van der Waals surface area (Å²) in [7, 11) is 0. The Morgan fingerprint density at radius 3 is 1.71 bits per heavy atom. The standard InChI is InChI=1S/C36H28ClF2N3O3/c1-35(38,39)33-32-29(24-45-34(43)44-23-25-14-6-2-7-15-25)40-31(37)22-30(32)42(41-33)36(26-16-8-3-9-17-26,27-18-10-4-11-19-27)28-20-12-5-13-21-28/h2-22H,23-24H2,1H3. The van der Waals surface area contributed by atoms with Crippen molar-refractivity contribution in [3.8, 4) is 0 Å². The number of carbonyl (C=O) groups excluding carboxylic acids is 1. The van der Waals surface area contributed by atoms with Crippen LogP contribution in [0.4, 0.5) is 13.6 Å². The maximum Gasteiger partial charge on any atom is 0.508 e. The van der Waals surface area contributed by atoms with Gasteiger partial charge in [0.2, 0.25) is 0 Å². The van der Waals surface area contributed by atoms with E-state index < -0.39 is 29.9 Å². The van der Waals surface area contributed by atoms with E-state index in [9.17, 15) is 4.79 Å². The van der Waals surface area contributed by atoms with Crippen LogP contribution in [0.1, 0.15) is 40.6 Å². The van der Waals surface area contributed by atoms with Gasteiger partial charge >= 0.3 is 6.16 Å². The Morgan fingerprint density at radius 2 is 1.22 bits per heavy atom. The number of benzene rings is 4. The molecule has 6 nitrogen and oxygen atoms in total. The lowest BCUT2D eigenvalue weighted by Gasteiger charge is -2.37. The zero-order chi connectivity index (χ0) is 31.4. The number of fused-ring (bicyclic) bond motifs is 1. The molecule has 0 aliphatic rings. The van der Waals surface area contributed by atoms with Gasteiger partial charge in [0, 0.05) is 13.0 Å². The third kappa shape index (κ3) is 5.89. The van der Waals surface area contributed by atoms with Crippen LogP contribution in [0, 0.1) is 0 Å². The van der Waals surface area contributed by atoms with Gasteiger partial charge in [0.15, 0.2) is 0 Å². The minimum atomic E-state index is -3.39. The van der Waals surface area contributed by atoms with Crippen LogP contribution in [0.3, 0.4) is 0 Å². The van der Waals surface area contributed by atoms with E-state index in [1.807, 2.05) is 109 Å². The summed E-state index contributed by atoms with van der Waals surface area (Å²) in [6.45, 7) is 0.304. The van der Waals surface area contributed by atoms with Crippen molar-refractivity contribution in [3.05, 3.63) is 166 Å². The molecule has 0 atom stereocenters. The number of rotatable bonds is 9. The lowest BCUT2D eigenvalue weighted by atomic mass is 9.77. The van der Waals surface area contributed by atoms with E-state index in [2.05, 4.69) is 10.1 Å². The molecule has 0 saturated carbocycles. The summed E-state index contributed by atoms with van der Waals surface area (Å²) < 4.78 is 43.2. The van der Waals surface area contributed by atoms with Gasteiger partial charge in [-0.15, -0.1) is 0 Å². The molecule has 0 bridgehead atoms. The molecule has 0 aliphatic heterocycles. The highest BCUT2D eigenvalue weighted by molar-refractivity contribution is 6.30. The van der Waals surface area contributed by atoms with Crippen molar-refractivity contribution >= 4 is 28.7 Å². The monoisotopic (exact) mass is 623 g/mol. The van der Waals surface area contributed by atoms with E-state index in [1.165, 1.54) is 6.07 Å². The molecule has 226 valence electrons.